The highest BCUT2D eigenvalue weighted by Crippen LogP contribution is 2.33. The number of piperidine rings is 1. The highest BCUT2D eigenvalue weighted by molar-refractivity contribution is 5.02. The summed E-state index contributed by atoms with van der Waals surface area (Å²) < 4.78 is 5.82. The van der Waals surface area contributed by atoms with Gasteiger partial charge in [-0.1, -0.05) is 0 Å². The first-order valence-electron chi connectivity index (χ1n) is 5.78. The number of rotatable bonds is 0. The molecule has 2 aliphatic rings. The first-order valence-corrected chi connectivity index (χ1v) is 5.78. The number of ether oxygens (including phenoxy) is 1. The Balaban J connectivity index is 1.95. The molecule has 2 fully saturated rings. The van der Waals surface area contributed by atoms with Crippen LogP contribution in [0.1, 0.15) is 33.6 Å². The van der Waals surface area contributed by atoms with E-state index in [1.807, 2.05) is 0 Å². The first-order chi connectivity index (χ1) is 6.91. The van der Waals surface area contributed by atoms with Gasteiger partial charge in [-0.15, -0.1) is 0 Å². The van der Waals surface area contributed by atoms with Gasteiger partial charge in [0.15, 0.2) is 5.88 Å². The molecule has 0 radical (unpaired) electrons. The molecule has 0 aliphatic carbocycles. The number of nitrogens with zero attached hydrogens (tertiary/aromatic N) is 1. The maximum Gasteiger partial charge on any atom is 0.180 e. The second-order valence-electron chi connectivity index (χ2n) is 5.72. The molecule has 0 unspecified atom stereocenters. The topological polar surface area (TPSA) is 24.5 Å². The minimum Gasteiger partial charge on any atom is -0.471 e. The van der Waals surface area contributed by atoms with Crippen LogP contribution in [-0.4, -0.2) is 35.7 Å². The monoisotopic (exact) mass is 210 g/mol. The van der Waals surface area contributed by atoms with Crippen molar-refractivity contribution in [2.75, 3.05) is 19.6 Å². The molecule has 0 atom stereocenters. The lowest BCUT2D eigenvalue weighted by Gasteiger charge is -2.43. The van der Waals surface area contributed by atoms with Crippen LogP contribution in [0, 0.1) is 0 Å². The van der Waals surface area contributed by atoms with Gasteiger partial charge in [-0.3, -0.25) is 4.90 Å². The molecule has 1 spiro atoms. The van der Waals surface area contributed by atoms with Gasteiger partial charge in [0.1, 0.15) is 5.60 Å². The fraction of sp³-hybridized carbons (Fsp3) is 0.833. The average Bonchev–Trinajstić information content (AvgIpc) is 2.47. The number of hydrogen-bond acceptors (Lipinski definition) is 3. The molecule has 0 amide bonds. The number of nitrogens with one attached hydrogen (secondary N) is 1. The van der Waals surface area contributed by atoms with E-state index in [0.29, 0.717) is 0 Å². The van der Waals surface area contributed by atoms with Crippen LogP contribution in [0.4, 0.5) is 0 Å². The molecule has 1 N–H and O–H groups in total. The fourth-order valence-electron chi connectivity index (χ4n) is 2.46. The van der Waals surface area contributed by atoms with Crippen LogP contribution in [0.15, 0.2) is 12.5 Å². The lowest BCUT2D eigenvalue weighted by atomic mass is 9.89. The zero-order valence-corrected chi connectivity index (χ0v) is 10.1. The van der Waals surface area contributed by atoms with E-state index < -0.39 is 0 Å². The number of hydrogen-bond donors (Lipinski definition) is 1. The van der Waals surface area contributed by atoms with Crippen molar-refractivity contribution in [2.24, 2.45) is 0 Å². The zero-order valence-electron chi connectivity index (χ0n) is 10.1. The maximum absolute atomic E-state index is 5.82. The predicted octanol–water partition coefficient (Wildman–Crippen LogP) is 1.71. The Morgan fingerprint density at radius 1 is 1.33 bits per heavy atom. The van der Waals surface area contributed by atoms with E-state index in [4.69, 9.17) is 4.74 Å². The van der Waals surface area contributed by atoms with Crippen LogP contribution in [0.3, 0.4) is 0 Å². The first kappa shape index (κ1) is 10.8. The minimum absolute atomic E-state index is 0.0405. The van der Waals surface area contributed by atoms with Crippen molar-refractivity contribution in [3.05, 3.63) is 12.5 Å². The van der Waals surface area contributed by atoms with Crippen molar-refractivity contribution in [1.29, 1.82) is 0 Å². The Labute approximate surface area is 92.5 Å². The molecule has 0 saturated carbocycles. The average molecular weight is 210 g/mol. The summed E-state index contributed by atoms with van der Waals surface area (Å²) in [6.07, 6.45) is 2.21. The molecule has 15 heavy (non-hydrogen) atoms. The van der Waals surface area contributed by atoms with Gasteiger partial charge in [-0.05, 0) is 27.4 Å². The van der Waals surface area contributed by atoms with Crippen LogP contribution >= 0.6 is 0 Å². The van der Waals surface area contributed by atoms with Crippen molar-refractivity contribution in [3.63, 3.8) is 0 Å². The third-order valence-corrected chi connectivity index (χ3v) is 3.57. The summed E-state index contributed by atoms with van der Waals surface area (Å²) in [6.45, 7) is 13.8. The van der Waals surface area contributed by atoms with E-state index in [0.717, 1.165) is 38.4 Å². The van der Waals surface area contributed by atoms with E-state index in [1.165, 1.54) is 0 Å². The Morgan fingerprint density at radius 2 is 1.93 bits per heavy atom. The molecule has 2 aliphatic heterocycles. The van der Waals surface area contributed by atoms with E-state index in [-0.39, 0.29) is 11.1 Å². The van der Waals surface area contributed by atoms with Gasteiger partial charge in [0.2, 0.25) is 0 Å². The Kier molecular flexibility index (Phi) is 2.45. The Bertz CT molecular complexity index is 259. The molecule has 2 rings (SSSR count). The summed E-state index contributed by atoms with van der Waals surface area (Å²) in [7, 11) is 0. The third kappa shape index (κ3) is 2.12. The van der Waals surface area contributed by atoms with Crippen molar-refractivity contribution < 1.29 is 4.74 Å². The van der Waals surface area contributed by atoms with E-state index >= 15 is 0 Å². The van der Waals surface area contributed by atoms with Gasteiger partial charge in [0.25, 0.3) is 0 Å². The summed E-state index contributed by atoms with van der Waals surface area (Å²) >= 11 is 0. The third-order valence-electron chi connectivity index (χ3n) is 3.57. The smallest absolute Gasteiger partial charge is 0.180 e. The standard InChI is InChI=1S/C12H22N2O/c1-10-13-9-12(15-10)5-7-14(8-6-12)11(2,3)4/h13H,1,5-9H2,2-4H3. The quantitative estimate of drug-likeness (QED) is 0.659. The van der Waals surface area contributed by atoms with E-state index in [2.05, 4.69) is 37.6 Å². The highest BCUT2D eigenvalue weighted by atomic mass is 16.5. The molecule has 2 saturated heterocycles. The van der Waals surface area contributed by atoms with E-state index in [1.54, 1.807) is 0 Å². The summed E-state index contributed by atoms with van der Waals surface area (Å²) in [4.78, 5) is 2.53. The second-order valence-corrected chi connectivity index (χ2v) is 5.72. The van der Waals surface area contributed by atoms with Crippen LogP contribution in [0.2, 0.25) is 0 Å². The van der Waals surface area contributed by atoms with Crippen molar-refractivity contribution in [2.45, 2.75) is 44.8 Å². The van der Waals surface area contributed by atoms with Crippen molar-refractivity contribution >= 4 is 0 Å². The molecule has 3 heteroatoms. The van der Waals surface area contributed by atoms with Crippen molar-refractivity contribution in [1.82, 2.24) is 10.2 Å². The molecular formula is C12H22N2O. The van der Waals surface area contributed by atoms with Crippen LogP contribution < -0.4 is 5.32 Å². The Hall–Kier alpha value is -0.700. The van der Waals surface area contributed by atoms with Gasteiger partial charge < -0.3 is 10.1 Å². The highest BCUT2D eigenvalue weighted by Gasteiger charge is 2.42. The maximum atomic E-state index is 5.82. The van der Waals surface area contributed by atoms with Gasteiger partial charge >= 0.3 is 0 Å². The minimum atomic E-state index is 0.0405. The molecule has 0 aromatic carbocycles. The van der Waals surface area contributed by atoms with Crippen LogP contribution in [0.5, 0.6) is 0 Å². The molecule has 3 nitrogen and oxygen atoms in total. The molecule has 2 heterocycles. The molecule has 0 aromatic heterocycles. The summed E-state index contributed by atoms with van der Waals surface area (Å²) in [6, 6.07) is 0. The number of likely N-dealkylation sites (tertiary alicyclic amines) is 1. The second kappa shape index (κ2) is 3.41. The molecule has 0 aromatic rings. The van der Waals surface area contributed by atoms with Gasteiger partial charge in [0.05, 0.1) is 6.54 Å². The van der Waals surface area contributed by atoms with Gasteiger partial charge in [-0.25, -0.2) is 0 Å². The SMILES string of the molecule is C=C1NCC2(CCN(C(C)(C)C)CC2)O1. The fourth-order valence-corrected chi connectivity index (χ4v) is 2.46. The lowest BCUT2D eigenvalue weighted by Crippen LogP contribution is -2.52. The van der Waals surface area contributed by atoms with Crippen LogP contribution in [-0.2, 0) is 4.74 Å². The van der Waals surface area contributed by atoms with E-state index in [9.17, 15) is 0 Å². The zero-order chi connectivity index (χ0) is 11.1. The normalized spacial score (nSPS) is 26.5. The molecular weight excluding hydrogens is 188 g/mol. The summed E-state index contributed by atoms with van der Waals surface area (Å²) in [5.41, 5.74) is 0.323. The summed E-state index contributed by atoms with van der Waals surface area (Å²) in [5.74, 6) is 0.749. The van der Waals surface area contributed by atoms with Crippen molar-refractivity contribution in [3.8, 4) is 0 Å². The summed E-state index contributed by atoms with van der Waals surface area (Å²) in [5, 5.41) is 3.20. The van der Waals surface area contributed by atoms with Crippen LogP contribution in [0.25, 0.3) is 0 Å². The molecule has 0 bridgehead atoms. The Morgan fingerprint density at radius 3 is 2.33 bits per heavy atom. The lowest BCUT2D eigenvalue weighted by molar-refractivity contribution is -0.0308. The predicted molar refractivity (Wildman–Crippen MR) is 61.5 cm³/mol. The molecule has 86 valence electrons. The van der Waals surface area contributed by atoms with Gasteiger partial charge in [0, 0.05) is 31.5 Å². The largest absolute Gasteiger partial charge is 0.471 e. The van der Waals surface area contributed by atoms with Gasteiger partial charge in [-0.2, -0.15) is 0 Å².